The molecule has 0 atom stereocenters. The zero-order valence-corrected chi connectivity index (χ0v) is 64.5. The fourth-order valence-corrected chi connectivity index (χ4v) is 14.0. The second-order valence-corrected chi connectivity index (χ2v) is 29.3. The fraction of sp³-hybridized carbons (Fsp3) is 0.366. The van der Waals surface area contributed by atoms with E-state index in [4.69, 9.17) is 0 Å². The Labute approximate surface area is 599 Å². The first kappa shape index (κ1) is 79.3. The van der Waals surface area contributed by atoms with Gasteiger partial charge in [-0.3, -0.25) is 19.2 Å². The molecule has 6 aromatic rings. The third-order valence-electron chi connectivity index (χ3n) is 17.0. The summed E-state index contributed by atoms with van der Waals surface area (Å²) in [5, 5.41) is 19.2. The van der Waals surface area contributed by atoms with Crippen LogP contribution in [0.1, 0.15) is 228 Å². The van der Waals surface area contributed by atoms with Crippen LogP contribution in [-0.2, 0) is 54.0 Å². The monoisotopic (exact) mass is 1360 g/mol. The first-order valence-corrected chi connectivity index (χ1v) is 35.0. The molecule has 0 bridgehead atoms. The van der Waals surface area contributed by atoms with Crippen LogP contribution in [0, 0.1) is 41.5 Å². The molecule has 0 radical (unpaired) electrons. The van der Waals surface area contributed by atoms with E-state index in [2.05, 4.69) is 218 Å². The standard InChI is InChI=1S/C37H51N3O2.C27H31N3O2.2C9H12N.2Ti/c1-20(2)28-16-24(9)17-29(21(3)4)34(28)36(41)38-26(11)32-14-13-15-33(40-32)27(12)39-37(42)35-30(22(5)6)18-25(10)19-31(35)23(7)8;1-16-10-7-11-17(2)24(16)26(31)28-20(5)22-14-9-15-23(30-22)21(6)29-27(32)25-18(3)12-8-13-19(25)4;2*1-10(2)8-9-6-4-3-5-7-9;;/h13-14,16-23,40H,15H2,1-12H3,(H,38,41)(H,39,42);7-14,30H,15H2,1-6H3,(H,28,31)(H,29,32);2*3-6H,8H2,1-2H3;;. The Hall–Kier alpha value is -7.41. The quantitative estimate of drug-likeness (QED) is 0.0467. The van der Waals surface area contributed by atoms with Crippen LogP contribution in [0.15, 0.2) is 179 Å². The van der Waals surface area contributed by atoms with Crippen molar-refractivity contribution in [1.29, 1.82) is 0 Å². The zero-order valence-electron chi connectivity index (χ0n) is 61.4. The molecule has 0 saturated carbocycles. The minimum Gasteiger partial charge on any atom is 0 e. The third kappa shape index (κ3) is 21.8. The van der Waals surface area contributed by atoms with E-state index in [1.54, 1.807) is 7.74 Å². The van der Waals surface area contributed by atoms with Crippen LogP contribution in [0.5, 0.6) is 0 Å². The Kier molecular flexibility index (Phi) is 30.4. The predicted octanol–water partition coefficient (Wildman–Crippen LogP) is 15.9. The van der Waals surface area contributed by atoms with Crippen LogP contribution in [0.25, 0.3) is 0 Å². The number of hydrogen-bond acceptors (Lipinski definition) is 8. The molecule has 8 rings (SSSR count). The van der Waals surface area contributed by atoms with Crippen LogP contribution >= 0.6 is 0 Å². The van der Waals surface area contributed by atoms with Gasteiger partial charge < -0.3 is 31.9 Å². The van der Waals surface area contributed by atoms with Crippen LogP contribution in [0.4, 0.5) is 0 Å². The summed E-state index contributed by atoms with van der Waals surface area (Å²) in [4.78, 5) is 57.6. The molecule has 14 heteroatoms. The van der Waals surface area contributed by atoms with Gasteiger partial charge in [-0.2, -0.15) is 0 Å². The van der Waals surface area contributed by atoms with Crippen molar-refractivity contribution in [2.75, 3.05) is 28.2 Å². The van der Waals surface area contributed by atoms with Gasteiger partial charge in [0.2, 0.25) is 0 Å². The maximum absolute atomic E-state index is 13.7. The van der Waals surface area contributed by atoms with E-state index >= 15 is 0 Å². The van der Waals surface area contributed by atoms with Crippen molar-refractivity contribution in [3.63, 3.8) is 0 Å². The summed E-state index contributed by atoms with van der Waals surface area (Å²) in [5.74, 6) is 0.495. The van der Waals surface area contributed by atoms with Crippen LogP contribution in [-0.4, -0.2) is 61.6 Å². The molecule has 0 saturated heterocycles. The maximum Gasteiger partial charge on any atom is 0 e. The predicted molar refractivity (Wildman–Crippen MR) is 392 cm³/mol. The molecule has 4 amide bonds. The summed E-state index contributed by atoms with van der Waals surface area (Å²) in [5.41, 5.74) is 22.7. The SMILES string of the molecule is CC(NC(=O)c1c(C(C)C)cc(C)cc1C(C)C)=C1C=CCC(=C(C)NC(=O)c2c(C(C)C)cc(C)cc2C(C)C)N1.CC(NC(=O)c1c(C)cccc1C)=C1C=CCC(=C(C)NC(=O)c2c(C)cccc2C)N1.CN(C)Cc1cccc[c]1[Ti][c]1ccccc1CN(C)C.[Ti]. The van der Waals surface area contributed by atoms with E-state index < -0.39 is 0 Å². The minimum atomic E-state index is -0.287. The summed E-state index contributed by atoms with van der Waals surface area (Å²) in [6, 6.07) is 38.0. The van der Waals surface area contributed by atoms with Gasteiger partial charge in [-0.05, 0) is 150 Å². The average Bonchev–Trinajstić information content (AvgIpc) is 0.804. The van der Waals surface area contributed by atoms with Crippen molar-refractivity contribution >= 4 is 31.4 Å². The Morgan fingerprint density at radius 3 is 0.990 bits per heavy atom. The fourth-order valence-electron chi connectivity index (χ4n) is 12.0. The number of benzene rings is 6. The van der Waals surface area contributed by atoms with Gasteiger partial charge >= 0.3 is 138 Å². The van der Waals surface area contributed by atoms with E-state index in [0.29, 0.717) is 24.0 Å². The molecule has 0 spiro atoms. The summed E-state index contributed by atoms with van der Waals surface area (Å²) < 4.78 is 3.11. The van der Waals surface area contributed by atoms with Crippen molar-refractivity contribution < 1.29 is 60.0 Å². The number of hydrogen-bond donors (Lipinski definition) is 6. The Balaban J connectivity index is 0.000000273. The molecule has 96 heavy (non-hydrogen) atoms. The van der Waals surface area contributed by atoms with Gasteiger partial charge in [0.05, 0.1) is 11.4 Å². The van der Waals surface area contributed by atoms with Gasteiger partial charge in [0.25, 0.3) is 23.6 Å². The van der Waals surface area contributed by atoms with Crippen molar-refractivity contribution in [2.24, 2.45) is 0 Å². The topological polar surface area (TPSA) is 147 Å². The summed E-state index contributed by atoms with van der Waals surface area (Å²) >= 11 is -0.287. The molecular formula is C82H106N8O4Ti2. The Morgan fingerprint density at radius 2 is 0.698 bits per heavy atom. The van der Waals surface area contributed by atoms with Gasteiger partial charge in [0, 0.05) is 91.0 Å². The number of rotatable bonds is 18. The molecular weight excluding hydrogens is 1260 g/mol. The third-order valence-corrected chi connectivity index (χ3v) is 19.4. The van der Waals surface area contributed by atoms with Crippen LogP contribution < -0.4 is 39.6 Å². The number of allylic oxidation sites excluding steroid dienone is 8. The molecule has 2 aliphatic rings. The normalized spacial score (nSPS) is 14.8. The van der Waals surface area contributed by atoms with Gasteiger partial charge in [-0.25, -0.2) is 0 Å². The minimum absolute atomic E-state index is 0. The van der Waals surface area contributed by atoms with Gasteiger partial charge in [0.15, 0.2) is 0 Å². The summed E-state index contributed by atoms with van der Waals surface area (Å²) in [6.45, 7) is 38.6. The molecule has 0 unspecified atom stereocenters. The molecule has 12 nitrogen and oxygen atoms in total. The number of nitrogens with one attached hydrogen (secondary N) is 6. The van der Waals surface area contributed by atoms with Crippen LogP contribution in [0.2, 0.25) is 0 Å². The zero-order chi connectivity index (χ0) is 70.1. The van der Waals surface area contributed by atoms with E-state index in [1.165, 1.54) is 22.3 Å². The first-order valence-electron chi connectivity index (χ1n) is 33.4. The maximum atomic E-state index is 13.7. The second-order valence-electron chi connectivity index (χ2n) is 27.3. The number of carbonyl (C=O) groups excluding carboxylic acids is 4. The average molecular weight is 1360 g/mol. The molecule has 0 fully saturated rings. The summed E-state index contributed by atoms with van der Waals surface area (Å²) in [7, 11) is 8.54. The van der Waals surface area contributed by atoms with Crippen molar-refractivity contribution in [2.45, 2.75) is 174 Å². The smallest absolute Gasteiger partial charge is 0 e. The number of aryl methyl sites for hydroxylation is 6. The molecule has 2 aliphatic heterocycles. The van der Waals surface area contributed by atoms with E-state index in [9.17, 15) is 19.2 Å². The van der Waals surface area contributed by atoms with E-state index in [1.807, 2.05) is 110 Å². The first-order chi connectivity index (χ1) is 44.9. The van der Waals surface area contributed by atoms with Crippen molar-refractivity contribution in [1.82, 2.24) is 41.7 Å². The van der Waals surface area contributed by atoms with Crippen molar-refractivity contribution in [3.8, 4) is 0 Å². The molecule has 6 aromatic carbocycles. The van der Waals surface area contributed by atoms with Gasteiger partial charge in [-0.1, -0.05) is 139 Å². The largest absolute Gasteiger partial charge is 0 e. The molecule has 0 aliphatic carbocycles. The van der Waals surface area contributed by atoms with Crippen LogP contribution in [0.3, 0.4) is 0 Å². The molecule has 506 valence electrons. The van der Waals surface area contributed by atoms with Crippen molar-refractivity contribution in [3.05, 3.63) is 268 Å². The van der Waals surface area contributed by atoms with E-state index in [0.717, 1.165) is 114 Å². The van der Waals surface area contributed by atoms with Gasteiger partial charge in [0.1, 0.15) is 0 Å². The number of carbonyl (C=O) groups is 4. The molecule has 2 heterocycles. The second kappa shape index (κ2) is 36.8. The summed E-state index contributed by atoms with van der Waals surface area (Å²) in [6.07, 6.45) is 9.34. The molecule has 0 aromatic heterocycles. The van der Waals surface area contributed by atoms with E-state index in [-0.39, 0.29) is 88.2 Å². The molecule has 6 N–H and O–H groups in total. The Morgan fingerprint density at radius 1 is 0.417 bits per heavy atom. The Bertz CT molecular complexity index is 3840. The number of amides is 4. The number of nitrogens with zero attached hydrogens (tertiary/aromatic N) is 2. The van der Waals surface area contributed by atoms with Gasteiger partial charge in [-0.15, -0.1) is 0 Å².